The number of aromatic nitrogens is 1. The summed E-state index contributed by atoms with van der Waals surface area (Å²) in [6, 6.07) is 6.90. The fourth-order valence-electron chi connectivity index (χ4n) is 4.44. The van der Waals surface area contributed by atoms with Gasteiger partial charge in [-0.05, 0) is 57.1 Å². The molecule has 1 aromatic heterocycles. The molecule has 2 aromatic rings. The molecule has 0 saturated carbocycles. The largest absolute Gasteiger partial charge is 0.464 e. The highest BCUT2D eigenvalue weighted by atomic mass is 16.5. The molecule has 1 fully saturated rings. The quantitative estimate of drug-likeness (QED) is 0.705. The Hall–Kier alpha value is -2.96. The van der Waals surface area contributed by atoms with Crippen LogP contribution in [0.3, 0.4) is 0 Å². The molecule has 0 unspecified atom stereocenters. The lowest BCUT2D eigenvalue weighted by Gasteiger charge is -2.33. The number of nitrogens with zero attached hydrogens (tertiary/aromatic N) is 2. The Morgan fingerprint density at radius 1 is 1.10 bits per heavy atom. The number of ether oxygens (including phenoxy) is 2. The molecule has 1 aliphatic heterocycles. The van der Waals surface area contributed by atoms with E-state index in [9.17, 15) is 14.4 Å². The number of amides is 1. The Morgan fingerprint density at radius 3 is 2.77 bits per heavy atom. The third-order valence-corrected chi connectivity index (χ3v) is 5.83. The maximum Gasteiger partial charge on any atom is 0.339 e. The minimum absolute atomic E-state index is 0.270. The van der Waals surface area contributed by atoms with Crippen LogP contribution >= 0.6 is 0 Å². The van der Waals surface area contributed by atoms with E-state index >= 15 is 0 Å². The van der Waals surface area contributed by atoms with Gasteiger partial charge in [0.05, 0.1) is 17.7 Å². The number of piperidine rings is 1. The summed E-state index contributed by atoms with van der Waals surface area (Å²) in [5, 5.41) is 0.748. The molecule has 158 valence electrons. The highest BCUT2D eigenvalue weighted by Gasteiger charge is 2.34. The minimum Gasteiger partial charge on any atom is -0.464 e. The molecule has 0 spiro atoms. The van der Waals surface area contributed by atoms with Crippen LogP contribution in [0.1, 0.15) is 54.2 Å². The second-order valence-corrected chi connectivity index (χ2v) is 7.71. The molecule has 2 aliphatic rings. The Morgan fingerprint density at radius 2 is 1.93 bits per heavy atom. The van der Waals surface area contributed by atoms with Gasteiger partial charge >= 0.3 is 11.9 Å². The summed E-state index contributed by atoms with van der Waals surface area (Å²) < 4.78 is 10.6. The van der Waals surface area contributed by atoms with E-state index in [0.717, 1.165) is 54.3 Å². The lowest BCUT2D eigenvalue weighted by Crippen LogP contribution is -2.50. The molecule has 4 rings (SSSR count). The number of fused-ring (bicyclic) bond motifs is 2. The van der Waals surface area contributed by atoms with E-state index in [2.05, 4.69) is 4.98 Å². The third-order valence-electron chi connectivity index (χ3n) is 5.83. The number of esters is 2. The number of benzene rings is 1. The van der Waals surface area contributed by atoms with Crippen molar-refractivity contribution in [1.82, 2.24) is 9.88 Å². The topological polar surface area (TPSA) is 85.8 Å². The predicted octanol–water partition coefficient (Wildman–Crippen LogP) is 2.82. The molecule has 30 heavy (non-hydrogen) atoms. The highest BCUT2D eigenvalue weighted by molar-refractivity contribution is 6.05. The van der Waals surface area contributed by atoms with Gasteiger partial charge < -0.3 is 14.4 Å². The number of likely N-dealkylation sites (tertiary alicyclic amines) is 1. The van der Waals surface area contributed by atoms with Crippen molar-refractivity contribution in [1.29, 1.82) is 0 Å². The maximum absolute atomic E-state index is 13.0. The average molecular weight is 410 g/mol. The second-order valence-electron chi connectivity index (χ2n) is 7.71. The van der Waals surface area contributed by atoms with E-state index in [1.54, 1.807) is 6.92 Å². The Bertz CT molecular complexity index is 987. The Balaban J connectivity index is 1.51. The first kappa shape index (κ1) is 20.3. The number of para-hydroxylation sites is 1. The molecule has 0 N–H and O–H groups in total. The van der Waals surface area contributed by atoms with Crippen LogP contribution in [0, 0.1) is 0 Å². The van der Waals surface area contributed by atoms with Gasteiger partial charge in [0, 0.05) is 17.6 Å². The fraction of sp³-hybridized carbons (Fsp3) is 0.478. The van der Waals surface area contributed by atoms with Crippen LogP contribution in [0.15, 0.2) is 24.3 Å². The Labute approximate surface area is 175 Å². The molecule has 7 nitrogen and oxygen atoms in total. The van der Waals surface area contributed by atoms with Gasteiger partial charge in [-0.3, -0.25) is 9.78 Å². The summed E-state index contributed by atoms with van der Waals surface area (Å²) in [7, 11) is 0. The third kappa shape index (κ3) is 3.88. The summed E-state index contributed by atoms with van der Waals surface area (Å²) in [4.78, 5) is 44.2. The standard InChI is InChI=1S/C23H26N2O5/c1-2-29-22(27)19-12-5-6-13-25(19)20(26)14-30-23(28)21-15-8-3-4-10-17(15)24-18-11-7-9-16(18)21/h3-4,8,10,19H,2,5-7,9,11-14H2,1H3/t19-/m1/s1. The van der Waals surface area contributed by atoms with E-state index in [4.69, 9.17) is 9.47 Å². The zero-order valence-corrected chi connectivity index (χ0v) is 17.2. The summed E-state index contributed by atoms with van der Waals surface area (Å²) in [5.74, 6) is -1.27. The van der Waals surface area contributed by atoms with Crippen molar-refractivity contribution in [3.8, 4) is 0 Å². The van der Waals surface area contributed by atoms with Crippen LogP contribution in [0.25, 0.3) is 10.9 Å². The van der Waals surface area contributed by atoms with Crippen molar-refractivity contribution in [3.63, 3.8) is 0 Å². The van der Waals surface area contributed by atoms with E-state index in [-0.39, 0.29) is 19.1 Å². The summed E-state index contributed by atoms with van der Waals surface area (Å²) in [6.07, 6.45) is 4.82. The van der Waals surface area contributed by atoms with Gasteiger partial charge in [-0.2, -0.15) is 0 Å². The van der Waals surface area contributed by atoms with Crippen LogP contribution < -0.4 is 0 Å². The predicted molar refractivity (Wildman–Crippen MR) is 110 cm³/mol. The molecule has 1 aromatic carbocycles. The number of hydrogen-bond acceptors (Lipinski definition) is 6. The van der Waals surface area contributed by atoms with Gasteiger partial charge in [0.2, 0.25) is 0 Å². The first-order chi connectivity index (χ1) is 14.6. The van der Waals surface area contributed by atoms with Gasteiger partial charge in [-0.25, -0.2) is 9.59 Å². The van der Waals surface area contributed by atoms with E-state index < -0.39 is 18.0 Å². The molecular formula is C23H26N2O5. The molecule has 1 saturated heterocycles. The van der Waals surface area contributed by atoms with Crippen LogP contribution in [0.5, 0.6) is 0 Å². The summed E-state index contributed by atoms with van der Waals surface area (Å²) in [6.45, 7) is 2.09. The molecule has 7 heteroatoms. The number of hydrogen-bond donors (Lipinski definition) is 0. The maximum atomic E-state index is 13.0. The van der Waals surface area contributed by atoms with Crippen LogP contribution in [-0.2, 0) is 31.9 Å². The summed E-state index contributed by atoms with van der Waals surface area (Å²) in [5.41, 5.74) is 3.13. The normalized spacial score (nSPS) is 18.2. The van der Waals surface area contributed by atoms with Crippen molar-refractivity contribution in [2.45, 2.75) is 51.5 Å². The van der Waals surface area contributed by atoms with Crippen molar-refractivity contribution < 1.29 is 23.9 Å². The fourth-order valence-corrected chi connectivity index (χ4v) is 4.44. The van der Waals surface area contributed by atoms with Crippen molar-refractivity contribution >= 4 is 28.7 Å². The molecule has 0 radical (unpaired) electrons. The van der Waals surface area contributed by atoms with Gasteiger partial charge in [0.1, 0.15) is 6.04 Å². The van der Waals surface area contributed by atoms with Crippen LogP contribution in [0.2, 0.25) is 0 Å². The zero-order valence-electron chi connectivity index (χ0n) is 17.2. The van der Waals surface area contributed by atoms with E-state index in [1.165, 1.54) is 4.90 Å². The smallest absolute Gasteiger partial charge is 0.339 e. The number of carbonyl (C=O) groups excluding carboxylic acids is 3. The van der Waals surface area contributed by atoms with Crippen molar-refractivity contribution in [3.05, 3.63) is 41.1 Å². The van der Waals surface area contributed by atoms with Gasteiger partial charge in [0.15, 0.2) is 6.61 Å². The number of carbonyl (C=O) groups is 3. The molecule has 1 aliphatic carbocycles. The first-order valence-corrected chi connectivity index (χ1v) is 10.6. The molecular weight excluding hydrogens is 384 g/mol. The lowest BCUT2D eigenvalue weighted by atomic mass is 10.0. The molecule has 1 atom stereocenters. The lowest BCUT2D eigenvalue weighted by molar-refractivity contribution is -0.157. The molecule has 0 bridgehead atoms. The van der Waals surface area contributed by atoms with Crippen molar-refractivity contribution in [2.75, 3.05) is 19.8 Å². The average Bonchev–Trinajstić information content (AvgIpc) is 3.23. The molecule has 2 heterocycles. The number of pyridine rings is 1. The van der Waals surface area contributed by atoms with E-state index in [1.807, 2.05) is 24.3 Å². The van der Waals surface area contributed by atoms with Crippen molar-refractivity contribution in [2.24, 2.45) is 0 Å². The molecule has 1 amide bonds. The summed E-state index contributed by atoms with van der Waals surface area (Å²) >= 11 is 0. The highest BCUT2D eigenvalue weighted by Crippen LogP contribution is 2.30. The van der Waals surface area contributed by atoms with Crippen LogP contribution in [0.4, 0.5) is 0 Å². The van der Waals surface area contributed by atoms with Gasteiger partial charge in [-0.15, -0.1) is 0 Å². The number of aryl methyl sites for hydroxylation is 1. The van der Waals surface area contributed by atoms with Gasteiger partial charge in [0.25, 0.3) is 5.91 Å². The Kier molecular flexibility index (Phi) is 5.97. The first-order valence-electron chi connectivity index (χ1n) is 10.6. The SMILES string of the molecule is CCOC(=O)[C@H]1CCCCN1C(=O)COC(=O)c1c2c(nc3ccccc13)CCC2. The monoisotopic (exact) mass is 410 g/mol. The van der Waals surface area contributed by atoms with Gasteiger partial charge in [-0.1, -0.05) is 18.2 Å². The van der Waals surface area contributed by atoms with E-state index in [0.29, 0.717) is 18.5 Å². The minimum atomic E-state index is -0.601. The second kappa shape index (κ2) is 8.81. The number of rotatable bonds is 5. The van der Waals surface area contributed by atoms with Crippen LogP contribution in [-0.4, -0.2) is 53.5 Å². The zero-order chi connectivity index (χ0) is 21.1.